The van der Waals surface area contributed by atoms with Crippen LogP contribution in [0.4, 0.5) is 0 Å². The Kier molecular flexibility index (Phi) is 7.06. The summed E-state index contributed by atoms with van der Waals surface area (Å²) < 4.78 is 33.3. The molecule has 1 heterocycles. The molecule has 0 N–H and O–H groups in total. The molecule has 1 saturated heterocycles. The van der Waals surface area contributed by atoms with Crippen molar-refractivity contribution in [1.29, 1.82) is 0 Å². The van der Waals surface area contributed by atoms with Crippen molar-refractivity contribution in [3.63, 3.8) is 0 Å². The average Bonchev–Trinajstić information content (AvgIpc) is 2.73. The summed E-state index contributed by atoms with van der Waals surface area (Å²) in [5.41, 5.74) is 3.16. The van der Waals surface area contributed by atoms with Gasteiger partial charge in [0.15, 0.2) is 6.10 Å². The summed E-state index contributed by atoms with van der Waals surface area (Å²) in [6, 6.07) is 12.9. The number of nitrogens with zero attached hydrogens (tertiary/aromatic N) is 2. The Labute approximate surface area is 185 Å². The predicted octanol–water partition coefficient (Wildman–Crippen LogP) is 3.73. The molecule has 0 bridgehead atoms. The van der Waals surface area contributed by atoms with Gasteiger partial charge in [-0.25, -0.2) is 8.42 Å². The van der Waals surface area contributed by atoms with Gasteiger partial charge < -0.3 is 9.64 Å². The summed E-state index contributed by atoms with van der Waals surface area (Å²) in [7, 11) is -3.55. The minimum absolute atomic E-state index is 0.122. The Balaban J connectivity index is 1.64. The van der Waals surface area contributed by atoms with E-state index in [1.807, 2.05) is 32.0 Å². The Hall–Kier alpha value is -2.38. The molecule has 31 heavy (non-hydrogen) atoms. The van der Waals surface area contributed by atoms with E-state index in [9.17, 15) is 13.2 Å². The first-order valence-corrected chi connectivity index (χ1v) is 12.2. The maximum Gasteiger partial charge on any atom is 0.263 e. The van der Waals surface area contributed by atoms with E-state index in [1.165, 1.54) is 4.31 Å². The largest absolute Gasteiger partial charge is 0.481 e. The summed E-state index contributed by atoms with van der Waals surface area (Å²) in [4.78, 5) is 14.9. The maximum atomic E-state index is 13.0. The first kappa shape index (κ1) is 23.3. The molecule has 2 aromatic rings. The number of sulfonamides is 1. The SMILES string of the molecule is Cc1ccc(S(=O)(=O)N2CCN(C(=O)[C@H](C)Oc3cc(C)ccc3C(C)C)CC2)cc1. The standard InChI is InChI=1S/C24H32N2O4S/c1-17(2)22-11-8-19(4)16-23(22)30-20(5)24(27)25-12-14-26(15-13-25)31(28,29)21-9-6-18(3)7-10-21/h6-11,16-17,20H,12-15H2,1-5H3/t20-/m0/s1. The molecule has 0 spiro atoms. The highest BCUT2D eigenvalue weighted by Gasteiger charge is 2.32. The smallest absolute Gasteiger partial charge is 0.263 e. The molecule has 1 amide bonds. The van der Waals surface area contributed by atoms with Gasteiger partial charge in [0.1, 0.15) is 5.75 Å². The number of rotatable bonds is 6. The van der Waals surface area contributed by atoms with Crippen LogP contribution in [0.3, 0.4) is 0 Å². The van der Waals surface area contributed by atoms with Crippen LogP contribution in [0.25, 0.3) is 0 Å². The maximum absolute atomic E-state index is 13.0. The quantitative estimate of drug-likeness (QED) is 0.681. The third-order valence-corrected chi connectivity index (χ3v) is 7.56. The van der Waals surface area contributed by atoms with E-state index < -0.39 is 16.1 Å². The molecule has 3 rings (SSSR count). The van der Waals surface area contributed by atoms with E-state index in [4.69, 9.17) is 4.74 Å². The third kappa shape index (κ3) is 5.28. The first-order valence-electron chi connectivity index (χ1n) is 10.7. The van der Waals surface area contributed by atoms with E-state index in [2.05, 4.69) is 13.8 Å². The number of piperazine rings is 1. The van der Waals surface area contributed by atoms with Crippen LogP contribution >= 0.6 is 0 Å². The second-order valence-corrected chi connectivity index (χ2v) is 10.4. The third-order valence-electron chi connectivity index (χ3n) is 5.65. The lowest BCUT2D eigenvalue weighted by atomic mass is 10.0. The first-order chi connectivity index (χ1) is 14.6. The number of ether oxygens (including phenoxy) is 1. The lowest BCUT2D eigenvalue weighted by Gasteiger charge is -2.35. The molecule has 168 valence electrons. The fourth-order valence-electron chi connectivity index (χ4n) is 3.73. The molecule has 6 nitrogen and oxygen atoms in total. The summed E-state index contributed by atoms with van der Waals surface area (Å²) in [6.45, 7) is 11.1. The van der Waals surface area contributed by atoms with Gasteiger partial charge in [0.25, 0.3) is 5.91 Å². The molecule has 0 unspecified atom stereocenters. The molecular formula is C24H32N2O4S. The Morgan fingerprint density at radius 1 is 0.903 bits per heavy atom. The van der Waals surface area contributed by atoms with Gasteiger partial charge in [-0.05, 0) is 56.0 Å². The zero-order valence-corrected chi connectivity index (χ0v) is 19.8. The molecule has 2 aromatic carbocycles. The van der Waals surface area contributed by atoms with Crippen molar-refractivity contribution in [2.24, 2.45) is 0 Å². The van der Waals surface area contributed by atoms with Gasteiger partial charge in [0, 0.05) is 26.2 Å². The molecule has 0 saturated carbocycles. The number of amides is 1. The number of carbonyl (C=O) groups is 1. The minimum Gasteiger partial charge on any atom is -0.481 e. The van der Waals surface area contributed by atoms with Gasteiger partial charge in [-0.1, -0.05) is 43.7 Å². The molecule has 0 aliphatic carbocycles. The topological polar surface area (TPSA) is 66.9 Å². The Bertz CT molecular complexity index is 1020. The van der Waals surface area contributed by atoms with Gasteiger partial charge in [0.2, 0.25) is 10.0 Å². The molecule has 0 radical (unpaired) electrons. The highest BCUT2D eigenvalue weighted by atomic mass is 32.2. The van der Waals surface area contributed by atoms with Crippen LogP contribution in [-0.4, -0.2) is 55.8 Å². The second kappa shape index (κ2) is 9.40. The number of hydrogen-bond acceptors (Lipinski definition) is 4. The average molecular weight is 445 g/mol. The number of benzene rings is 2. The van der Waals surface area contributed by atoms with Gasteiger partial charge in [0.05, 0.1) is 4.90 Å². The van der Waals surface area contributed by atoms with Crippen molar-refractivity contribution in [2.75, 3.05) is 26.2 Å². The van der Waals surface area contributed by atoms with Crippen molar-refractivity contribution >= 4 is 15.9 Å². The molecule has 1 aliphatic heterocycles. The Morgan fingerprint density at radius 3 is 2.06 bits per heavy atom. The highest BCUT2D eigenvalue weighted by molar-refractivity contribution is 7.89. The predicted molar refractivity (Wildman–Crippen MR) is 122 cm³/mol. The zero-order valence-electron chi connectivity index (χ0n) is 19.0. The lowest BCUT2D eigenvalue weighted by Crippen LogP contribution is -2.53. The van der Waals surface area contributed by atoms with Crippen molar-refractivity contribution in [3.8, 4) is 5.75 Å². The molecule has 1 aliphatic rings. The van der Waals surface area contributed by atoms with Gasteiger partial charge in [-0.3, -0.25) is 4.79 Å². The summed E-state index contributed by atoms with van der Waals surface area (Å²) in [6.07, 6.45) is -0.639. The van der Waals surface area contributed by atoms with Crippen molar-refractivity contribution in [1.82, 2.24) is 9.21 Å². The summed E-state index contributed by atoms with van der Waals surface area (Å²) >= 11 is 0. The van der Waals surface area contributed by atoms with Gasteiger partial charge in [-0.2, -0.15) is 4.31 Å². The van der Waals surface area contributed by atoms with E-state index >= 15 is 0 Å². The lowest BCUT2D eigenvalue weighted by molar-refractivity contribution is -0.139. The van der Waals surface area contributed by atoms with E-state index in [0.29, 0.717) is 13.1 Å². The fourth-order valence-corrected chi connectivity index (χ4v) is 5.15. The van der Waals surface area contributed by atoms with Crippen molar-refractivity contribution in [2.45, 2.75) is 51.5 Å². The number of aryl methyl sites for hydroxylation is 2. The summed E-state index contributed by atoms with van der Waals surface area (Å²) in [5, 5.41) is 0. The number of hydrogen-bond donors (Lipinski definition) is 0. The van der Waals surface area contributed by atoms with E-state index in [1.54, 1.807) is 36.1 Å². The molecule has 7 heteroatoms. The van der Waals surface area contributed by atoms with E-state index in [-0.39, 0.29) is 29.8 Å². The zero-order chi connectivity index (χ0) is 22.8. The van der Waals surface area contributed by atoms with E-state index in [0.717, 1.165) is 22.4 Å². The van der Waals surface area contributed by atoms with Crippen LogP contribution < -0.4 is 4.74 Å². The molecule has 0 aromatic heterocycles. The van der Waals surface area contributed by atoms with Crippen LogP contribution in [0, 0.1) is 13.8 Å². The highest BCUT2D eigenvalue weighted by Crippen LogP contribution is 2.28. The summed E-state index contributed by atoms with van der Waals surface area (Å²) in [5.74, 6) is 0.897. The normalized spacial score (nSPS) is 16.4. The van der Waals surface area contributed by atoms with Crippen LogP contribution in [0.2, 0.25) is 0 Å². The molecular weight excluding hydrogens is 412 g/mol. The van der Waals surface area contributed by atoms with Gasteiger partial charge in [-0.15, -0.1) is 0 Å². The molecule has 1 atom stereocenters. The van der Waals surface area contributed by atoms with Crippen molar-refractivity contribution < 1.29 is 17.9 Å². The van der Waals surface area contributed by atoms with Gasteiger partial charge >= 0.3 is 0 Å². The second-order valence-electron chi connectivity index (χ2n) is 8.50. The van der Waals surface area contributed by atoms with Crippen LogP contribution in [0.5, 0.6) is 5.75 Å². The number of carbonyl (C=O) groups excluding carboxylic acids is 1. The van der Waals surface area contributed by atoms with Crippen molar-refractivity contribution in [3.05, 3.63) is 59.2 Å². The van der Waals surface area contributed by atoms with Crippen LogP contribution in [0.1, 0.15) is 43.4 Å². The fraction of sp³-hybridized carbons (Fsp3) is 0.458. The van der Waals surface area contributed by atoms with Crippen LogP contribution in [-0.2, 0) is 14.8 Å². The minimum atomic E-state index is -3.55. The molecule has 1 fully saturated rings. The Morgan fingerprint density at radius 2 is 1.48 bits per heavy atom. The van der Waals surface area contributed by atoms with Crippen LogP contribution in [0.15, 0.2) is 47.4 Å². The monoisotopic (exact) mass is 444 g/mol.